The van der Waals surface area contributed by atoms with E-state index < -0.39 is 11.9 Å². The molecule has 0 aliphatic carbocycles. The molecule has 0 radical (unpaired) electrons. The molecule has 2 aromatic heterocycles. The van der Waals surface area contributed by atoms with E-state index in [0.717, 1.165) is 11.1 Å². The Hall–Kier alpha value is -4.33. The SMILES string of the molecule is Cc1cc2oc3c(c(=O)c2cc1C)C(c1ccc(OCC(N)=O)cc1)N(Cc1ccco1)C3=O. The lowest BCUT2D eigenvalue weighted by atomic mass is 9.97. The van der Waals surface area contributed by atoms with Crippen LogP contribution in [-0.2, 0) is 11.3 Å². The zero-order valence-corrected chi connectivity index (χ0v) is 18.7. The number of nitrogens with two attached hydrogens (primary N) is 1. The average molecular weight is 458 g/mol. The van der Waals surface area contributed by atoms with Crippen molar-refractivity contribution in [1.82, 2.24) is 4.90 Å². The van der Waals surface area contributed by atoms with Crippen LogP contribution >= 0.6 is 0 Å². The smallest absolute Gasteiger partial charge is 0.291 e. The number of fused-ring (bicyclic) bond motifs is 2. The van der Waals surface area contributed by atoms with Crippen LogP contribution in [0.4, 0.5) is 0 Å². The molecule has 8 heteroatoms. The van der Waals surface area contributed by atoms with Gasteiger partial charge >= 0.3 is 0 Å². The summed E-state index contributed by atoms with van der Waals surface area (Å²) >= 11 is 0. The molecule has 0 spiro atoms. The van der Waals surface area contributed by atoms with Crippen molar-refractivity contribution in [2.24, 2.45) is 5.73 Å². The van der Waals surface area contributed by atoms with Gasteiger partial charge in [-0.3, -0.25) is 14.4 Å². The van der Waals surface area contributed by atoms with Crippen LogP contribution in [0.3, 0.4) is 0 Å². The van der Waals surface area contributed by atoms with Crippen LogP contribution in [0.1, 0.15) is 44.6 Å². The topological polar surface area (TPSA) is 116 Å². The molecule has 1 aliphatic rings. The molecule has 4 aromatic rings. The fraction of sp³-hybridized carbons (Fsp3) is 0.192. The van der Waals surface area contributed by atoms with E-state index in [4.69, 9.17) is 19.3 Å². The first-order valence-corrected chi connectivity index (χ1v) is 10.8. The Morgan fingerprint density at radius 1 is 1.09 bits per heavy atom. The van der Waals surface area contributed by atoms with Gasteiger partial charge in [-0.05, 0) is 66.9 Å². The summed E-state index contributed by atoms with van der Waals surface area (Å²) in [7, 11) is 0. The summed E-state index contributed by atoms with van der Waals surface area (Å²) in [5.74, 6) is 0.0886. The maximum Gasteiger partial charge on any atom is 0.291 e. The van der Waals surface area contributed by atoms with Gasteiger partial charge in [0.2, 0.25) is 5.76 Å². The second kappa shape index (κ2) is 8.22. The minimum Gasteiger partial charge on any atom is -0.484 e. The van der Waals surface area contributed by atoms with Gasteiger partial charge in [0.25, 0.3) is 11.8 Å². The zero-order chi connectivity index (χ0) is 24.0. The zero-order valence-electron chi connectivity index (χ0n) is 18.7. The quantitative estimate of drug-likeness (QED) is 0.472. The Labute approximate surface area is 194 Å². The molecule has 2 aromatic carbocycles. The molecule has 3 heterocycles. The second-order valence-electron chi connectivity index (χ2n) is 8.35. The average Bonchev–Trinajstić information content (AvgIpc) is 3.42. The third-order valence-corrected chi connectivity index (χ3v) is 6.07. The minimum atomic E-state index is -0.681. The van der Waals surface area contributed by atoms with Gasteiger partial charge in [-0.15, -0.1) is 0 Å². The van der Waals surface area contributed by atoms with E-state index in [-0.39, 0.29) is 35.8 Å². The Kier molecular flexibility index (Phi) is 5.20. The first-order valence-electron chi connectivity index (χ1n) is 10.8. The van der Waals surface area contributed by atoms with E-state index in [1.165, 1.54) is 6.26 Å². The van der Waals surface area contributed by atoms with Crippen LogP contribution in [-0.4, -0.2) is 23.3 Å². The number of hydrogen-bond acceptors (Lipinski definition) is 6. The molecule has 8 nitrogen and oxygen atoms in total. The van der Waals surface area contributed by atoms with E-state index >= 15 is 0 Å². The molecule has 1 atom stereocenters. The lowest BCUT2D eigenvalue weighted by Gasteiger charge is -2.24. The summed E-state index contributed by atoms with van der Waals surface area (Å²) in [5.41, 5.74) is 8.20. The number of aryl methyl sites for hydroxylation is 2. The number of benzene rings is 2. The summed E-state index contributed by atoms with van der Waals surface area (Å²) in [6.07, 6.45) is 1.53. The highest BCUT2D eigenvalue weighted by Gasteiger charge is 2.43. The molecular formula is C26H22N2O6. The van der Waals surface area contributed by atoms with Crippen molar-refractivity contribution in [2.75, 3.05) is 6.61 Å². The molecule has 2 amide bonds. The Morgan fingerprint density at radius 3 is 2.50 bits per heavy atom. The first-order chi connectivity index (χ1) is 16.3. The standard InChI is InChI=1S/C26H22N2O6/c1-14-10-19-20(11-15(14)2)34-25-22(24(19)30)23(28(26(25)31)12-18-4-3-9-32-18)16-5-7-17(8-6-16)33-13-21(27)29/h3-11,23H,12-13H2,1-2H3,(H2,27,29). The molecule has 0 fully saturated rings. The second-order valence-corrected chi connectivity index (χ2v) is 8.35. The molecule has 34 heavy (non-hydrogen) atoms. The first kappa shape index (κ1) is 21.5. The summed E-state index contributed by atoms with van der Waals surface area (Å²) in [6, 6.07) is 13.3. The molecule has 0 saturated carbocycles. The van der Waals surface area contributed by atoms with Crippen LogP contribution in [0.2, 0.25) is 0 Å². The number of nitrogens with zero attached hydrogens (tertiary/aromatic N) is 1. The minimum absolute atomic E-state index is 0.0337. The lowest BCUT2D eigenvalue weighted by Crippen LogP contribution is -2.29. The van der Waals surface area contributed by atoms with Crippen molar-refractivity contribution in [1.29, 1.82) is 0 Å². The van der Waals surface area contributed by atoms with E-state index in [1.807, 2.05) is 13.8 Å². The van der Waals surface area contributed by atoms with Crippen molar-refractivity contribution in [3.05, 3.63) is 98.8 Å². The molecule has 5 rings (SSSR count). The van der Waals surface area contributed by atoms with Crippen LogP contribution in [0, 0.1) is 13.8 Å². The molecule has 0 bridgehead atoms. The molecule has 0 saturated heterocycles. The fourth-order valence-electron chi connectivity index (χ4n) is 4.26. The number of ether oxygens (including phenoxy) is 1. The van der Waals surface area contributed by atoms with E-state index in [2.05, 4.69) is 0 Å². The number of rotatable bonds is 6. The monoisotopic (exact) mass is 458 g/mol. The van der Waals surface area contributed by atoms with Crippen LogP contribution in [0.15, 0.2) is 68.4 Å². The van der Waals surface area contributed by atoms with Crippen molar-refractivity contribution in [3.8, 4) is 5.75 Å². The van der Waals surface area contributed by atoms with Crippen LogP contribution in [0.25, 0.3) is 11.0 Å². The molecule has 2 N–H and O–H groups in total. The molecular weight excluding hydrogens is 436 g/mol. The van der Waals surface area contributed by atoms with Crippen molar-refractivity contribution < 1.29 is 23.2 Å². The van der Waals surface area contributed by atoms with E-state index in [1.54, 1.807) is 53.4 Å². The number of amides is 2. The summed E-state index contributed by atoms with van der Waals surface area (Å²) in [6.45, 7) is 3.77. The van der Waals surface area contributed by atoms with Gasteiger partial charge in [0, 0.05) is 0 Å². The van der Waals surface area contributed by atoms with Gasteiger partial charge in [-0.25, -0.2) is 0 Å². The summed E-state index contributed by atoms with van der Waals surface area (Å²) in [5, 5.41) is 0.431. The van der Waals surface area contributed by atoms with Gasteiger partial charge < -0.3 is 24.2 Å². The van der Waals surface area contributed by atoms with Crippen LogP contribution < -0.4 is 15.9 Å². The number of carbonyl (C=O) groups is 2. The highest BCUT2D eigenvalue weighted by molar-refractivity contribution is 5.99. The predicted octanol–water partition coefficient (Wildman–Crippen LogP) is 3.61. The number of carbonyl (C=O) groups excluding carboxylic acids is 2. The Morgan fingerprint density at radius 2 is 1.82 bits per heavy atom. The van der Waals surface area contributed by atoms with E-state index in [0.29, 0.717) is 28.0 Å². The highest BCUT2D eigenvalue weighted by Crippen LogP contribution is 2.39. The van der Waals surface area contributed by atoms with Crippen molar-refractivity contribution in [2.45, 2.75) is 26.4 Å². The summed E-state index contributed by atoms with van der Waals surface area (Å²) < 4.78 is 16.8. The molecule has 172 valence electrons. The van der Waals surface area contributed by atoms with Gasteiger partial charge in [-0.2, -0.15) is 0 Å². The largest absolute Gasteiger partial charge is 0.484 e. The number of primary amides is 1. The Balaban J connectivity index is 1.65. The van der Waals surface area contributed by atoms with Crippen molar-refractivity contribution >= 4 is 22.8 Å². The summed E-state index contributed by atoms with van der Waals surface area (Å²) in [4.78, 5) is 39.7. The normalized spacial score (nSPS) is 15.1. The maximum absolute atomic E-state index is 13.7. The lowest BCUT2D eigenvalue weighted by molar-refractivity contribution is -0.119. The van der Waals surface area contributed by atoms with Crippen LogP contribution in [0.5, 0.6) is 5.75 Å². The fourth-order valence-corrected chi connectivity index (χ4v) is 4.26. The molecule has 1 unspecified atom stereocenters. The molecule has 1 aliphatic heterocycles. The third kappa shape index (κ3) is 3.63. The number of hydrogen-bond donors (Lipinski definition) is 1. The van der Waals surface area contributed by atoms with Crippen molar-refractivity contribution in [3.63, 3.8) is 0 Å². The highest BCUT2D eigenvalue weighted by atomic mass is 16.5. The Bertz CT molecular complexity index is 1470. The van der Waals surface area contributed by atoms with Gasteiger partial charge in [0.1, 0.15) is 17.1 Å². The number of furan rings is 1. The van der Waals surface area contributed by atoms with Gasteiger partial charge in [0.05, 0.1) is 29.8 Å². The third-order valence-electron chi connectivity index (χ3n) is 6.07. The van der Waals surface area contributed by atoms with Gasteiger partial charge in [-0.1, -0.05) is 12.1 Å². The predicted molar refractivity (Wildman–Crippen MR) is 124 cm³/mol. The van der Waals surface area contributed by atoms with Gasteiger partial charge in [0.15, 0.2) is 12.0 Å². The maximum atomic E-state index is 13.7. The van der Waals surface area contributed by atoms with E-state index in [9.17, 15) is 14.4 Å².